The van der Waals surface area contributed by atoms with Gasteiger partial charge in [-0.15, -0.1) is 0 Å². The summed E-state index contributed by atoms with van der Waals surface area (Å²) in [6.45, 7) is 8.80. The van der Waals surface area contributed by atoms with Gasteiger partial charge in [-0.2, -0.15) is 0 Å². The molecule has 26 heavy (non-hydrogen) atoms. The zero-order valence-electron chi connectivity index (χ0n) is 16.0. The van der Waals surface area contributed by atoms with Crippen molar-refractivity contribution in [3.63, 3.8) is 0 Å². The summed E-state index contributed by atoms with van der Waals surface area (Å²) in [5.74, 6) is 0.0914. The molecule has 2 heterocycles. The van der Waals surface area contributed by atoms with Gasteiger partial charge in [0.1, 0.15) is 0 Å². The summed E-state index contributed by atoms with van der Waals surface area (Å²) in [7, 11) is 0. The van der Waals surface area contributed by atoms with Crippen LogP contribution in [0.4, 0.5) is 16.2 Å². The van der Waals surface area contributed by atoms with E-state index < -0.39 is 0 Å². The molecule has 1 unspecified atom stereocenters. The van der Waals surface area contributed by atoms with Gasteiger partial charge in [0.25, 0.3) is 0 Å². The molecule has 6 heteroatoms. The maximum Gasteiger partial charge on any atom is 0.319 e. The van der Waals surface area contributed by atoms with Crippen molar-refractivity contribution in [2.75, 3.05) is 29.9 Å². The Kier molecular flexibility index (Phi) is 5.39. The molecule has 0 saturated carbocycles. The number of nitrogens with zero attached hydrogens (tertiary/aromatic N) is 2. The molecule has 1 aromatic carbocycles. The summed E-state index contributed by atoms with van der Waals surface area (Å²) in [6, 6.07) is 7.58. The number of anilines is 2. The van der Waals surface area contributed by atoms with Crippen molar-refractivity contribution in [1.29, 1.82) is 0 Å². The predicted molar refractivity (Wildman–Crippen MR) is 105 cm³/mol. The second-order valence-electron chi connectivity index (χ2n) is 8.27. The van der Waals surface area contributed by atoms with Crippen molar-refractivity contribution >= 4 is 23.3 Å². The van der Waals surface area contributed by atoms with E-state index in [1.807, 2.05) is 37.8 Å². The molecule has 1 aromatic rings. The molecule has 0 aromatic heterocycles. The lowest BCUT2D eigenvalue weighted by Gasteiger charge is -2.32. The summed E-state index contributed by atoms with van der Waals surface area (Å²) in [4.78, 5) is 28.6. The van der Waals surface area contributed by atoms with Crippen molar-refractivity contribution < 1.29 is 9.59 Å². The number of carbonyl (C=O) groups excluding carboxylic acids is 2. The van der Waals surface area contributed by atoms with E-state index in [9.17, 15) is 9.59 Å². The van der Waals surface area contributed by atoms with Gasteiger partial charge in [-0.1, -0.05) is 0 Å². The zero-order valence-corrected chi connectivity index (χ0v) is 16.0. The Bertz CT molecular complexity index is 645. The predicted octanol–water partition coefficient (Wildman–Crippen LogP) is 3.20. The standard InChI is InChI=1S/C20H30N4O2/c1-20(2,3)24-14-16(13-18(24)25)22-19(26)21-15-7-9-17(10-8-15)23-11-5-4-6-12-23/h7-10,16H,4-6,11-14H2,1-3H3,(H2,21,22,26). The van der Waals surface area contributed by atoms with E-state index >= 15 is 0 Å². The molecule has 0 spiro atoms. The number of nitrogens with one attached hydrogen (secondary N) is 2. The van der Waals surface area contributed by atoms with Gasteiger partial charge in [0, 0.05) is 43.0 Å². The third-order valence-corrected chi connectivity index (χ3v) is 5.12. The van der Waals surface area contributed by atoms with Crippen LogP contribution in [0, 0.1) is 0 Å². The lowest BCUT2D eigenvalue weighted by atomic mass is 10.1. The number of urea groups is 1. The normalized spacial score (nSPS) is 21.0. The Hall–Kier alpha value is -2.24. The molecule has 0 aliphatic carbocycles. The Morgan fingerprint density at radius 2 is 1.73 bits per heavy atom. The van der Waals surface area contributed by atoms with E-state index in [1.165, 1.54) is 24.9 Å². The molecule has 2 fully saturated rings. The highest BCUT2D eigenvalue weighted by molar-refractivity contribution is 5.90. The molecule has 142 valence electrons. The molecule has 0 radical (unpaired) electrons. The number of hydrogen-bond acceptors (Lipinski definition) is 3. The van der Waals surface area contributed by atoms with Crippen molar-refractivity contribution in [2.45, 2.75) is 58.0 Å². The van der Waals surface area contributed by atoms with Gasteiger partial charge in [-0.3, -0.25) is 4.79 Å². The average Bonchev–Trinajstić information content (AvgIpc) is 2.97. The third-order valence-electron chi connectivity index (χ3n) is 5.12. The monoisotopic (exact) mass is 358 g/mol. The fourth-order valence-electron chi connectivity index (χ4n) is 3.71. The molecular formula is C20H30N4O2. The minimum Gasteiger partial charge on any atom is -0.372 e. The SMILES string of the molecule is CC(C)(C)N1CC(NC(=O)Nc2ccc(N3CCCCC3)cc2)CC1=O. The number of carbonyl (C=O) groups is 2. The minimum atomic E-state index is -0.260. The highest BCUT2D eigenvalue weighted by Crippen LogP contribution is 2.23. The van der Waals surface area contributed by atoms with Crippen LogP contribution in [-0.4, -0.2) is 48.1 Å². The summed E-state index contributed by atoms with van der Waals surface area (Å²) in [5.41, 5.74) is 1.76. The topological polar surface area (TPSA) is 64.7 Å². The third kappa shape index (κ3) is 4.48. The first kappa shape index (κ1) is 18.5. The number of rotatable bonds is 3. The molecule has 2 saturated heterocycles. The summed E-state index contributed by atoms with van der Waals surface area (Å²) in [6.07, 6.45) is 4.16. The Morgan fingerprint density at radius 3 is 2.31 bits per heavy atom. The maximum atomic E-state index is 12.3. The molecular weight excluding hydrogens is 328 g/mol. The van der Waals surface area contributed by atoms with Crippen LogP contribution in [0.5, 0.6) is 0 Å². The quantitative estimate of drug-likeness (QED) is 0.872. The number of hydrogen-bond donors (Lipinski definition) is 2. The second kappa shape index (κ2) is 7.56. The van der Waals surface area contributed by atoms with Gasteiger partial charge in [0.15, 0.2) is 0 Å². The summed E-state index contributed by atoms with van der Waals surface area (Å²) in [5, 5.41) is 5.78. The highest BCUT2D eigenvalue weighted by Gasteiger charge is 2.36. The fourth-order valence-corrected chi connectivity index (χ4v) is 3.71. The minimum absolute atomic E-state index is 0.0914. The summed E-state index contributed by atoms with van der Waals surface area (Å²) >= 11 is 0. The van der Waals surface area contributed by atoms with Crippen LogP contribution in [0.25, 0.3) is 0 Å². The first-order valence-corrected chi connectivity index (χ1v) is 9.56. The van der Waals surface area contributed by atoms with E-state index in [-0.39, 0.29) is 23.5 Å². The van der Waals surface area contributed by atoms with Crippen LogP contribution in [0.2, 0.25) is 0 Å². The Labute approximate surface area is 155 Å². The fraction of sp³-hybridized carbons (Fsp3) is 0.600. The van der Waals surface area contributed by atoms with Gasteiger partial charge < -0.3 is 20.4 Å². The van der Waals surface area contributed by atoms with Crippen LogP contribution in [0.1, 0.15) is 46.5 Å². The van der Waals surface area contributed by atoms with E-state index in [0.29, 0.717) is 13.0 Å². The molecule has 3 amide bonds. The van der Waals surface area contributed by atoms with Gasteiger partial charge >= 0.3 is 6.03 Å². The first-order valence-electron chi connectivity index (χ1n) is 9.56. The van der Waals surface area contributed by atoms with Crippen LogP contribution in [-0.2, 0) is 4.79 Å². The van der Waals surface area contributed by atoms with Gasteiger partial charge in [-0.05, 0) is 64.3 Å². The number of likely N-dealkylation sites (tertiary alicyclic amines) is 1. The largest absolute Gasteiger partial charge is 0.372 e. The van der Waals surface area contributed by atoms with Crippen molar-refractivity contribution in [2.24, 2.45) is 0 Å². The number of amides is 3. The summed E-state index contributed by atoms with van der Waals surface area (Å²) < 4.78 is 0. The Balaban J connectivity index is 1.51. The molecule has 0 bridgehead atoms. The van der Waals surface area contributed by atoms with Crippen LogP contribution in [0.3, 0.4) is 0 Å². The first-order chi connectivity index (χ1) is 12.3. The molecule has 2 N–H and O–H groups in total. The maximum absolute atomic E-state index is 12.3. The lowest BCUT2D eigenvalue weighted by molar-refractivity contribution is -0.131. The van der Waals surface area contributed by atoms with Gasteiger partial charge in [0.2, 0.25) is 5.91 Å². The molecule has 2 aliphatic rings. The smallest absolute Gasteiger partial charge is 0.319 e. The molecule has 3 rings (SSSR count). The van der Waals surface area contributed by atoms with Crippen molar-refractivity contribution in [1.82, 2.24) is 10.2 Å². The van der Waals surface area contributed by atoms with Crippen LogP contribution < -0.4 is 15.5 Å². The van der Waals surface area contributed by atoms with Crippen molar-refractivity contribution in [3.8, 4) is 0 Å². The molecule has 2 aliphatic heterocycles. The molecule has 1 atom stereocenters. The molecule has 6 nitrogen and oxygen atoms in total. The van der Waals surface area contributed by atoms with E-state index in [4.69, 9.17) is 0 Å². The number of benzene rings is 1. The second-order valence-corrected chi connectivity index (χ2v) is 8.27. The van der Waals surface area contributed by atoms with Crippen LogP contribution in [0.15, 0.2) is 24.3 Å². The van der Waals surface area contributed by atoms with Crippen LogP contribution >= 0.6 is 0 Å². The average molecular weight is 358 g/mol. The lowest BCUT2D eigenvalue weighted by Crippen LogP contribution is -2.45. The van der Waals surface area contributed by atoms with E-state index in [1.54, 1.807) is 0 Å². The van der Waals surface area contributed by atoms with Crippen molar-refractivity contribution in [3.05, 3.63) is 24.3 Å². The number of piperidine rings is 1. The van der Waals surface area contributed by atoms with Gasteiger partial charge in [0.05, 0.1) is 6.04 Å². The van der Waals surface area contributed by atoms with Gasteiger partial charge in [-0.25, -0.2) is 4.79 Å². The van der Waals surface area contributed by atoms with E-state index in [2.05, 4.69) is 27.7 Å². The van der Waals surface area contributed by atoms with E-state index in [0.717, 1.165) is 18.8 Å². The highest BCUT2D eigenvalue weighted by atomic mass is 16.2. The zero-order chi connectivity index (χ0) is 18.7. The Morgan fingerprint density at radius 1 is 1.08 bits per heavy atom.